The van der Waals surface area contributed by atoms with Crippen molar-refractivity contribution < 1.29 is 9.59 Å². The number of hydrogen-bond donors (Lipinski definition) is 2. The minimum Gasteiger partial charge on any atom is -0.273 e. The van der Waals surface area contributed by atoms with Crippen molar-refractivity contribution in [2.24, 2.45) is 0 Å². The number of rotatable bonds is 6. The van der Waals surface area contributed by atoms with Crippen LogP contribution in [0.1, 0.15) is 41.4 Å². The summed E-state index contributed by atoms with van der Waals surface area (Å²) in [4.78, 5) is 27.5. The molecule has 0 unspecified atom stereocenters. The number of aromatic nitrogens is 1. The van der Waals surface area contributed by atoms with Gasteiger partial charge in [-0.05, 0) is 36.1 Å². The van der Waals surface area contributed by atoms with Gasteiger partial charge >= 0.3 is 0 Å². The molecule has 0 aliphatic rings. The van der Waals surface area contributed by atoms with Gasteiger partial charge in [0.2, 0.25) is 5.91 Å². The van der Waals surface area contributed by atoms with Crippen molar-refractivity contribution in [1.82, 2.24) is 15.8 Å². The van der Waals surface area contributed by atoms with Crippen molar-refractivity contribution in [2.75, 3.05) is 0 Å². The van der Waals surface area contributed by atoms with Gasteiger partial charge in [-0.1, -0.05) is 43.7 Å². The molecule has 0 aliphatic heterocycles. The third-order valence-electron chi connectivity index (χ3n) is 3.42. The topological polar surface area (TPSA) is 71.1 Å². The molecule has 2 rings (SSSR count). The number of hydrazine groups is 1. The molecule has 2 aromatic rings. The van der Waals surface area contributed by atoms with Gasteiger partial charge in [0, 0.05) is 6.20 Å². The summed E-state index contributed by atoms with van der Waals surface area (Å²) in [6, 6.07) is 13.0. The van der Waals surface area contributed by atoms with Crippen molar-refractivity contribution in [3.8, 4) is 0 Å². The number of carbonyl (C=O) groups is 2. The van der Waals surface area contributed by atoms with Crippen molar-refractivity contribution in [3.63, 3.8) is 0 Å². The van der Waals surface area contributed by atoms with Crippen molar-refractivity contribution in [3.05, 3.63) is 65.5 Å². The second-order valence-corrected chi connectivity index (χ2v) is 5.31. The Morgan fingerprint density at radius 2 is 1.74 bits per heavy atom. The molecular weight excluding hydrogens is 290 g/mol. The Bertz CT molecular complexity index is 639. The molecule has 0 radical (unpaired) electrons. The maximum absolute atomic E-state index is 11.9. The van der Waals surface area contributed by atoms with Gasteiger partial charge in [0.05, 0.1) is 6.42 Å². The van der Waals surface area contributed by atoms with Gasteiger partial charge in [0.15, 0.2) is 0 Å². The molecule has 1 aromatic heterocycles. The van der Waals surface area contributed by atoms with E-state index >= 15 is 0 Å². The quantitative estimate of drug-likeness (QED) is 0.805. The van der Waals surface area contributed by atoms with Crippen LogP contribution in [-0.2, 0) is 17.6 Å². The van der Waals surface area contributed by atoms with E-state index < -0.39 is 5.91 Å². The number of nitrogens with one attached hydrogen (secondary N) is 2. The maximum Gasteiger partial charge on any atom is 0.288 e. The Kier molecular flexibility index (Phi) is 6.29. The van der Waals surface area contributed by atoms with Crippen molar-refractivity contribution in [1.29, 1.82) is 0 Å². The average molecular weight is 311 g/mol. The summed E-state index contributed by atoms with van der Waals surface area (Å²) in [5, 5.41) is 0. The highest BCUT2D eigenvalue weighted by atomic mass is 16.2. The molecule has 2 amide bonds. The highest BCUT2D eigenvalue weighted by Gasteiger charge is 2.08. The van der Waals surface area contributed by atoms with Gasteiger partial charge in [-0.25, -0.2) is 0 Å². The third kappa shape index (κ3) is 5.54. The molecule has 120 valence electrons. The number of unbranched alkanes of at least 4 members (excludes halogenated alkanes) is 1. The van der Waals surface area contributed by atoms with Crippen molar-refractivity contribution in [2.45, 2.75) is 32.6 Å². The maximum atomic E-state index is 11.9. The van der Waals surface area contributed by atoms with Crippen LogP contribution >= 0.6 is 0 Å². The number of nitrogens with zero attached hydrogens (tertiary/aromatic N) is 1. The summed E-state index contributed by atoms with van der Waals surface area (Å²) in [6.45, 7) is 2.16. The summed E-state index contributed by atoms with van der Waals surface area (Å²) in [5.74, 6) is -0.704. The molecule has 0 atom stereocenters. The largest absolute Gasteiger partial charge is 0.288 e. The Morgan fingerprint density at radius 1 is 1.00 bits per heavy atom. The zero-order chi connectivity index (χ0) is 16.5. The first-order valence-corrected chi connectivity index (χ1v) is 7.77. The van der Waals surface area contributed by atoms with E-state index in [1.807, 2.05) is 24.3 Å². The van der Waals surface area contributed by atoms with Crippen LogP contribution in [0, 0.1) is 0 Å². The molecule has 0 fully saturated rings. The predicted molar refractivity (Wildman–Crippen MR) is 88.6 cm³/mol. The lowest BCUT2D eigenvalue weighted by Crippen LogP contribution is -2.42. The molecule has 23 heavy (non-hydrogen) atoms. The van der Waals surface area contributed by atoms with Crippen LogP contribution in [0.2, 0.25) is 0 Å². The second kappa shape index (κ2) is 8.68. The molecule has 0 saturated carbocycles. The number of amides is 2. The fraction of sp³-hybridized carbons (Fsp3) is 0.278. The highest BCUT2D eigenvalue weighted by molar-refractivity contribution is 5.93. The van der Waals surface area contributed by atoms with Crippen LogP contribution < -0.4 is 10.9 Å². The Morgan fingerprint density at radius 3 is 2.39 bits per heavy atom. The predicted octanol–water partition coefficient (Wildman–Crippen LogP) is 2.43. The second-order valence-electron chi connectivity index (χ2n) is 5.31. The minimum absolute atomic E-state index is 0.219. The van der Waals surface area contributed by atoms with Crippen LogP contribution in [-0.4, -0.2) is 16.8 Å². The molecule has 0 saturated heterocycles. The van der Waals surface area contributed by atoms with E-state index in [4.69, 9.17) is 0 Å². The van der Waals surface area contributed by atoms with E-state index in [9.17, 15) is 9.59 Å². The fourth-order valence-electron chi connectivity index (χ4n) is 2.12. The van der Waals surface area contributed by atoms with Crippen molar-refractivity contribution >= 4 is 11.8 Å². The lowest BCUT2D eigenvalue weighted by molar-refractivity contribution is -0.121. The molecule has 0 aliphatic carbocycles. The van der Waals surface area contributed by atoms with Crippen LogP contribution in [0.3, 0.4) is 0 Å². The van der Waals surface area contributed by atoms with Gasteiger partial charge in [0.1, 0.15) is 5.69 Å². The fourth-order valence-corrected chi connectivity index (χ4v) is 2.12. The number of hydrogen-bond acceptors (Lipinski definition) is 3. The summed E-state index contributed by atoms with van der Waals surface area (Å²) in [7, 11) is 0. The molecule has 2 N–H and O–H groups in total. The number of aryl methyl sites for hydroxylation is 1. The van der Waals surface area contributed by atoms with E-state index in [-0.39, 0.29) is 18.0 Å². The lowest BCUT2D eigenvalue weighted by atomic mass is 10.0. The molecule has 1 heterocycles. The molecule has 5 nitrogen and oxygen atoms in total. The van der Waals surface area contributed by atoms with Gasteiger partial charge in [-0.15, -0.1) is 0 Å². The first-order chi connectivity index (χ1) is 11.2. The normalized spacial score (nSPS) is 10.1. The van der Waals surface area contributed by atoms with Crippen LogP contribution in [0.15, 0.2) is 48.7 Å². The zero-order valence-electron chi connectivity index (χ0n) is 13.2. The first-order valence-electron chi connectivity index (χ1n) is 7.77. The highest BCUT2D eigenvalue weighted by Crippen LogP contribution is 2.08. The number of pyridine rings is 1. The third-order valence-corrected chi connectivity index (χ3v) is 3.42. The molecule has 5 heteroatoms. The molecular formula is C18H21N3O2. The van der Waals surface area contributed by atoms with Gasteiger partial charge in [-0.2, -0.15) is 0 Å². The van der Waals surface area contributed by atoms with E-state index in [2.05, 4.69) is 22.8 Å². The summed E-state index contributed by atoms with van der Waals surface area (Å²) in [5.41, 5.74) is 7.20. The van der Waals surface area contributed by atoms with Gasteiger partial charge < -0.3 is 0 Å². The number of carbonyl (C=O) groups excluding carboxylic acids is 2. The van der Waals surface area contributed by atoms with E-state index in [1.165, 1.54) is 24.6 Å². The minimum atomic E-state index is -0.436. The smallest absolute Gasteiger partial charge is 0.273 e. The van der Waals surface area contributed by atoms with E-state index in [0.29, 0.717) is 0 Å². The molecule has 1 aromatic carbocycles. The summed E-state index contributed by atoms with van der Waals surface area (Å²) in [6.07, 6.45) is 5.13. The first kappa shape index (κ1) is 16.7. The standard InChI is InChI=1S/C18H21N3O2/c1-2-3-6-14-8-10-15(11-9-14)13-17(22)20-21-18(23)16-7-4-5-12-19-16/h4-5,7-12H,2-3,6,13H2,1H3,(H,20,22)(H,21,23). The monoisotopic (exact) mass is 311 g/mol. The Hall–Kier alpha value is -2.69. The summed E-state index contributed by atoms with van der Waals surface area (Å²) < 4.78 is 0. The van der Waals surface area contributed by atoms with Crippen LogP contribution in [0.25, 0.3) is 0 Å². The SMILES string of the molecule is CCCCc1ccc(CC(=O)NNC(=O)c2ccccn2)cc1. The van der Waals surface area contributed by atoms with Crippen LogP contribution in [0.4, 0.5) is 0 Å². The molecule has 0 spiro atoms. The van der Waals surface area contributed by atoms with E-state index in [1.54, 1.807) is 18.2 Å². The van der Waals surface area contributed by atoms with Crippen LogP contribution in [0.5, 0.6) is 0 Å². The summed E-state index contributed by atoms with van der Waals surface area (Å²) >= 11 is 0. The average Bonchev–Trinajstić information content (AvgIpc) is 2.60. The van der Waals surface area contributed by atoms with Gasteiger partial charge in [-0.3, -0.25) is 25.4 Å². The molecule has 0 bridgehead atoms. The zero-order valence-corrected chi connectivity index (χ0v) is 13.2. The number of benzene rings is 1. The van der Waals surface area contributed by atoms with Gasteiger partial charge in [0.25, 0.3) is 5.91 Å². The Balaban J connectivity index is 1.79. The Labute approximate surface area is 136 Å². The lowest BCUT2D eigenvalue weighted by Gasteiger charge is -2.07. The van der Waals surface area contributed by atoms with E-state index in [0.717, 1.165) is 12.0 Å².